The Morgan fingerprint density at radius 3 is 2.50 bits per heavy atom. The van der Waals surface area contributed by atoms with Gasteiger partial charge < -0.3 is 19.7 Å². The maximum Gasteiger partial charge on any atom is 0.267 e. The van der Waals surface area contributed by atoms with E-state index in [9.17, 15) is 18.0 Å². The zero-order chi connectivity index (χ0) is 22.7. The van der Waals surface area contributed by atoms with Crippen LogP contribution in [0.4, 0.5) is 11.4 Å². The van der Waals surface area contributed by atoms with Gasteiger partial charge in [-0.3, -0.25) is 13.9 Å². The Labute approximate surface area is 187 Å². The van der Waals surface area contributed by atoms with Crippen molar-refractivity contribution in [2.45, 2.75) is 13.0 Å². The molecule has 4 rings (SSSR count). The third-order valence-corrected chi connectivity index (χ3v) is 7.19. The molecule has 10 heteroatoms. The number of fused-ring (bicyclic) bond motifs is 1. The number of anilines is 2. The zero-order valence-corrected chi connectivity index (χ0v) is 18.5. The van der Waals surface area contributed by atoms with Crippen molar-refractivity contribution < 1.29 is 27.5 Å². The van der Waals surface area contributed by atoms with E-state index in [1.807, 2.05) is 0 Å². The molecule has 0 saturated carbocycles. The van der Waals surface area contributed by atoms with Gasteiger partial charge in [-0.1, -0.05) is 24.3 Å². The number of nitrogens with one attached hydrogen (secondary N) is 1. The minimum absolute atomic E-state index is 0.105. The highest BCUT2D eigenvalue weighted by Crippen LogP contribution is 2.35. The average Bonchev–Trinajstić information content (AvgIpc) is 2.83. The second-order valence-electron chi connectivity index (χ2n) is 7.45. The van der Waals surface area contributed by atoms with Crippen molar-refractivity contribution in [1.82, 2.24) is 4.90 Å². The van der Waals surface area contributed by atoms with Crippen molar-refractivity contribution in [1.29, 1.82) is 0 Å². The number of morpholine rings is 1. The van der Waals surface area contributed by atoms with Crippen molar-refractivity contribution in [3.63, 3.8) is 0 Å². The largest absolute Gasteiger partial charge is 0.476 e. The van der Waals surface area contributed by atoms with E-state index in [0.29, 0.717) is 49.0 Å². The van der Waals surface area contributed by atoms with Crippen LogP contribution in [-0.2, 0) is 19.6 Å². The van der Waals surface area contributed by atoms with Crippen LogP contribution in [0.1, 0.15) is 17.3 Å². The molecule has 2 aliphatic heterocycles. The van der Waals surface area contributed by atoms with Gasteiger partial charge in [0.15, 0.2) is 6.10 Å². The first-order valence-corrected chi connectivity index (χ1v) is 12.0. The van der Waals surface area contributed by atoms with Gasteiger partial charge in [-0.25, -0.2) is 8.42 Å². The Morgan fingerprint density at radius 1 is 1.06 bits per heavy atom. The Bertz CT molecular complexity index is 1110. The number of carbonyl (C=O) groups is 2. The predicted molar refractivity (Wildman–Crippen MR) is 119 cm³/mol. The number of amides is 2. The van der Waals surface area contributed by atoms with Gasteiger partial charge in [-0.15, -0.1) is 0 Å². The Hall–Kier alpha value is -3.11. The van der Waals surface area contributed by atoms with Gasteiger partial charge in [0.2, 0.25) is 10.0 Å². The molecule has 0 aromatic heterocycles. The molecule has 1 saturated heterocycles. The third kappa shape index (κ3) is 4.42. The summed E-state index contributed by atoms with van der Waals surface area (Å²) >= 11 is 0. The van der Waals surface area contributed by atoms with Gasteiger partial charge in [-0.2, -0.15) is 0 Å². The molecule has 0 radical (unpaired) electrons. The number of para-hydroxylation sites is 3. The Kier molecular flexibility index (Phi) is 6.33. The summed E-state index contributed by atoms with van der Waals surface area (Å²) in [5.41, 5.74) is 1.11. The van der Waals surface area contributed by atoms with Crippen LogP contribution in [0.15, 0.2) is 48.5 Å². The van der Waals surface area contributed by atoms with E-state index in [-0.39, 0.29) is 18.2 Å². The molecule has 1 fully saturated rings. The van der Waals surface area contributed by atoms with Gasteiger partial charge in [0.25, 0.3) is 11.8 Å². The molecule has 2 aliphatic rings. The van der Waals surface area contributed by atoms with E-state index in [1.165, 1.54) is 4.31 Å². The minimum atomic E-state index is -3.61. The SMILES string of the molecule is CCS(=O)(=O)N1C[C@H](C(=O)Nc2ccccc2C(=O)N2CCOCC2)Oc2ccccc21. The maximum atomic E-state index is 13.1. The van der Waals surface area contributed by atoms with Crippen LogP contribution in [0, 0.1) is 0 Å². The Morgan fingerprint density at radius 2 is 1.75 bits per heavy atom. The van der Waals surface area contributed by atoms with Crippen molar-refractivity contribution in [3.8, 4) is 5.75 Å². The molecular formula is C22H25N3O6S. The number of benzene rings is 2. The average molecular weight is 460 g/mol. The van der Waals surface area contributed by atoms with Crippen LogP contribution in [0.5, 0.6) is 5.75 Å². The number of nitrogens with zero attached hydrogens (tertiary/aromatic N) is 2. The summed E-state index contributed by atoms with van der Waals surface area (Å²) in [7, 11) is -3.61. The monoisotopic (exact) mass is 459 g/mol. The van der Waals surface area contributed by atoms with Crippen LogP contribution >= 0.6 is 0 Å². The molecule has 1 N–H and O–H groups in total. The number of hydrogen-bond acceptors (Lipinski definition) is 6. The molecule has 0 bridgehead atoms. The fourth-order valence-electron chi connectivity index (χ4n) is 3.69. The summed E-state index contributed by atoms with van der Waals surface area (Å²) in [5, 5.41) is 2.76. The second kappa shape index (κ2) is 9.17. The molecular weight excluding hydrogens is 434 g/mol. The van der Waals surface area contributed by atoms with Gasteiger partial charge >= 0.3 is 0 Å². The summed E-state index contributed by atoms with van der Waals surface area (Å²) in [5.74, 6) is -0.520. The van der Waals surface area contributed by atoms with E-state index in [1.54, 1.807) is 60.4 Å². The number of carbonyl (C=O) groups excluding carboxylic acids is 2. The normalized spacial score (nSPS) is 18.5. The van der Waals surface area contributed by atoms with Crippen molar-refractivity contribution in [2.75, 3.05) is 48.2 Å². The lowest BCUT2D eigenvalue weighted by Crippen LogP contribution is -2.49. The second-order valence-corrected chi connectivity index (χ2v) is 9.63. The highest BCUT2D eigenvalue weighted by Gasteiger charge is 2.36. The highest BCUT2D eigenvalue weighted by molar-refractivity contribution is 7.92. The molecule has 2 heterocycles. The van der Waals surface area contributed by atoms with E-state index < -0.39 is 22.0 Å². The standard InChI is InChI=1S/C22H25N3O6S/c1-2-32(28,29)25-15-20(31-19-10-6-5-9-18(19)25)21(26)23-17-8-4-3-7-16(17)22(27)24-11-13-30-14-12-24/h3-10,20H,2,11-15H2,1H3,(H,23,26)/t20-/m1/s1. The zero-order valence-electron chi connectivity index (χ0n) is 17.7. The van der Waals surface area contributed by atoms with Crippen LogP contribution < -0.4 is 14.4 Å². The molecule has 32 heavy (non-hydrogen) atoms. The van der Waals surface area contributed by atoms with Gasteiger partial charge in [0, 0.05) is 13.1 Å². The van der Waals surface area contributed by atoms with E-state index in [2.05, 4.69) is 5.32 Å². The fraction of sp³-hybridized carbons (Fsp3) is 0.364. The molecule has 2 aromatic rings. The summed E-state index contributed by atoms with van der Waals surface area (Å²) in [6.07, 6.45) is -1.07. The lowest BCUT2D eigenvalue weighted by Gasteiger charge is -2.34. The van der Waals surface area contributed by atoms with Crippen LogP contribution in [0.2, 0.25) is 0 Å². The predicted octanol–water partition coefficient (Wildman–Crippen LogP) is 1.71. The molecule has 0 aliphatic carbocycles. The summed E-state index contributed by atoms with van der Waals surface area (Å²) in [6, 6.07) is 13.4. The first kappa shape index (κ1) is 22.1. The van der Waals surface area contributed by atoms with E-state index in [4.69, 9.17) is 9.47 Å². The number of rotatable bonds is 5. The van der Waals surface area contributed by atoms with Crippen LogP contribution in [0.3, 0.4) is 0 Å². The van der Waals surface area contributed by atoms with Gasteiger partial charge in [-0.05, 0) is 31.2 Å². The van der Waals surface area contributed by atoms with Gasteiger partial charge in [0.1, 0.15) is 5.75 Å². The first-order valence-electron chi connectivity index (χ1n) is 10.4. The summed E-state index contributed by atoms with van der Waals surface area (Å²) in [6.45, 7) is 3.30. The van der Waals surface area contributed by atoms with E-state index in [0.717, 1.165) is 0 Å². The molecule has 0 spiro atoms. The summed E-state index contributed by atoms with van der Waals surface area (Å²) < 4.78 is 37.6. The molecule has 2 aromatic carbocycles. The van der Waals surface area contributed by atoms with Crippen molar-refractivity contribution in [3.05, 3.63) is 54.1 Å². The Balaban J connectivity index is 1.57. The minimum Gasteiger partial charge on any atom is -0.476 e. The van der Waals surface area contributed by atoms with Crippen molar-refractivity contribution in [2.24, 2.45) is 0 Å². The van der Waals surface area contributed by atoms with Crippen molar-refractivity contribution >= 4 is 33.2 Å². The van der Waals surface area contributed by atoms with Gasteiger partial charge in [0.05, 0.1) is 42.4 Å². The topological polar surface area (TPSA) is 105 Å². The fourth-order valence-corrected chi connectivity index (χ4v) is 4.81. The lowest BCUT2D eigenvalue weighted by atomic mass is 10.1. The number of sulfonamides is 1. The highest BCUT2D eigenvalue weighted by atomic mass is 32.2. The molecule has 1 atom stereocenters. The van der Waals surface area contributed by atoms with Crippen LogP contribution in [-0.4, -0.2) is 69.8 Å². The molecule has 170 valence electrons. The molecule has 0 unspecified atom stereocenters. The first-order chi connectivity index (χ1) is 15.4. The lowest BCUT2D eigenvalue weighted by molar-refractivity contribution is -0.122. The third-order valence-electron chi connectivity index (χ3n) is 5.44. The maximum absolute atomic E-state index is 13.1. The van der Waals surface area contributed by atoms with E-state index >= 15 is 0 Å². The number of hydrogen-bond donors (Lipinski definition) is 1. The summed E-state index contributed by atoms with van der Waals surface area (Å²) in [4.78, 5) is 27.7. The number of ether oxygens (including phenoxy) is 2. The smallest absolute Gasteiger partial charge is 0.267 e. The quantitative estimate of drug-likeness (QED) is 0.730. The molecule has 2 amide bonds. The van der Waals surface area contributed by atoms with Crippen LogP contribution in [0.25, 0.3) is 0 Å². The molecule has 9 nitrogen and oxygen atoms in total.